The van der Waals surface area contributed by atoms with Crippen molar-refractivity contribution in [1.29, 1.82) is 0 Å². The van der Waals surface area contributed by atoms with Crippen LogP contribution >= 0.6 is 0 Å². The number of rotatable bonds is 4. The summed E-state index contributed by atoms with van der Waals surface area (Å²) in [5.41, 5.74) is 14.1. The zero-order valence-corrected chi connectivity index (χ0v) is 12.6. The topological polar surface area (TPSA) is 104 Å². The third kappa shape index (κ3) is 2.91. The standard InChI is InChI=1S/C17H16N4O2/c1-2-23-16-13-9-12(7-8-14(13)20-17(19)21-16)10-3-5-11(6-4-10)15(18)22/h3-9H,2H2,1H3,(H2,18,22)(H2,19,20,21). The Morgan fingerprint density at radius 1 is 1.09 bits per heavy atom. The van der Waals surface area contributed by atoms with E-state index in [1.54, 1.807) is 12.1 Å². The molecule has 23 heavy (non-hydrogen) atoms. The van der Waals surface area contributed by atoms with Gasteiger partial charge in [-0.15, -0.1) is 0 Å². The van der Waals surface area contributed by atoms with Crippen LogP contribution in [0.4, 0.5) is 5.95 Å². The van der Waals surface area contributed by atoms with Crippen LogP contribution in [0.25, 0.3) is 22.0 Å². The number of amides is 1. The van der Waals surface area contributed by atoms with E-state index in [1.807, 2.05) is 37.3 Å². The third-order valence-corrected chi connectivity index (χ3v) is 3.46. The van der Waals surface area contributed by atoms with Crippen LogP contribution in [0.2, 0.25) is 0 Å². The Kier molecular flexibility index (Phi) is 3.80. The van der Waals surface area contributed by atoms with E-state index >= 15 is 0 Å². The van der Waals surface area contributed by atoms with Gasteiger partial charge in [0, 0.05) is 5.56 Å². The molecule has 4 N–H and O–H groups in total. The molecule has 0 aliphatic rings. The molecular formula is C17H16N4O2. The van der Waals surface area contributed by atoms with Gasteiger partial charge in [0.1, 0.15) is 0 Å². The summed E-state index contributed by atoms with van der Waals surface area (Å²) < 4.78 is 5.55. The summed E-state index contributed by atoms with van der Waals surface area (Å²) in [5, 5.41) is 0.789. The maximum Gasteiger partial charge on any atom is 0.248 e. The number of benzene rings is 2. The van der Waals surface area contributed by atoms with Crippen LogP contribution in [-0.4, -0.2) is 22.5 Å². The minimum absolute atomic E-state index is 0.180. The highest BCUT2D eigenvalue weighted by atomic mass is 16.5. The molecule has 1 heterocycles. The van der Waals surface area contributed by atoms with Crippen molar-refractivity contribution in [3.05, 3.63) is 48.0 Å². The maximum absolute atomic E-state index is 11.1. The normalized spacial score (nSPS) is 10.7. The number of carbonyl (C=O) groups is 1. The van der Waals surface area contributed by atoms with E-state index in [9.17, 15) is 4.79 Å². The molecule has 1 aromatic heterocycles. The molecular weight excluding hydrogens is 292 g/mol. The van der Waals surface area contributed by atoms with Gasteiger partial charge in [-0.25, -0.2) is 4.98 Å². The van der Waals surface area contributed by atoms with Gasteiger partial charge in [0.15, 0.2) is 0 Å². The number of fused-ring (bicyclic) bond motifs is 1. The lowest BCUT2D eigenvalue weighted by atomic mass is 10.0. The zero-order valence-electron chi connectivity index (χ0n) is 12.6. The Morgan fingerprint density at radius 2 is 1.78 bits per heavy atom. The SMILES string of the molecule is CCOc1nc(N)nc2ccc(-c3ccc(C(N)=O)cc3)cc12. The molecule has 6 nitrogen and oxygen atoms in total. The van der Waals surface area contributed by atoms with Crippen LogP contribution in [0.3, 0.4) is 0 Å². The van der Waals surface area contributed by atoms with Crippen molar-refractivity contribution in [1.82, 2.24) is 9.97 Å². The molecule has 0 saturated heterocycles. The number of ether oxygens (including phenoxy) is 1. The smallest absolute Gasteiger partial charge is 0.248 e. The number of nitrogen functional groups attached to an aromatic ring is 1. The number of hydrogen-bond acceptors (Lipinski definition) is 5. The lowest BCUT2D eigenvalue weighted by molar-refractivity contribution is 0.100. The van der Waals surface area contributed by atoms with Crippen molar-refractivity contribution in [3.63, 3.8) is 0 Å². The van der Waals surface area contributed by atoms with E-state index in [0.717, 1.165) is 22.0 Å². The van der Waals surface area contributed by atoms with E-state index in [-0.39, 0.29) is 5.95 Å². The van der Waals surface area contributed by atoms with Crippen LogP contribution in [0.1, 0.15) is 17.3 Å². The van der Waals surface area contributed by atoms with E-state index in [0.29, 0.717) is 18.1 Å². The first-order valence-corrected chi connectivity index (χ1v) is 7.19. The fourth-order valence-electron chi connectivity index (χ4n) is 2.37. The predicted octanol–water partition coefficient (Wildman–Crippen LogP) is 2.38. The third-order valence-electron chi connectivity index (χ3n) is 3.46. The highest BCUT2D eigenvalue weighted by Gasteiger charge is 2.09. The molecule has 2 aromatic carbocycles. The van der Waals surface area contributed by atoms with Crippen LogP contribution in [0, 0.1) is 0 Å². The Hall–Kier alpha value is -3.15. The fraction of sp³-hybridized carbons (Fsp3) is 0.118. The summed E-state index contributed by atoms with van der Waals surface area (Å²) in [6.45, 7) is 2.37. The molecule has 0 bridgehead atoms. The molecule has 3 aromatic rings. The number of aromatic nitrogens is 2. The summed E-state index contributed by atoms with van der Waals surface area (Å²) in [7, 11) is 0. The minimum Gasteiger partial charge on any atom is -0.477 e. The summed E-state index contributed by atoms with van der Waals surface area (Å²) in [4.78, 5) is 19.5. The van der Waals surface area contributed by atoms with Gasteiger partial charge in [-0.1, -0.05) is 18.2 Å². The average molecular weight is 308 g/mol. The fourth-order valence-corrected chi connectivity index (χ4v) is 2.37. The van der Waals surface area contributed by atoms with Crippen LogP contribution in [0.5, 0.6) is 5.88 Å². The molecule has 0 aliphatic carbocycles. The molecule has 3 rings (SSSR count). The van der Waals surface area contributed by atoms with Crippen molar-refractivity contribution in [2.75, 3.05) is 12.3 Å². The highest BCUT2D eigenvalue weighted by molar-refractivity contribution is 5.94. The maximum atomic E-state index is 11.1. The molecule has 0 fully saturated rings. The number of anilines is 1. The molecule has 0 spiro atoms. The van der Waals surface area contributed by atoms with Gasteiger partial charge >= 0.3 is 0 Å². The van der Waals surface area contributed by atoms with E-state index in [1.165, 1.54) is 0 Å². The van der Waals surface area contributed by atoms with E-state index < -0.39 is 5.91 Å². The van der Waals surface area contributed by atoms with Gasteiger partial charge in [-0.2, -0.15) is 4.98 Å². The summed E-state index contributed by atoms with van der Waals surface area (Å²) in [6.07, 6.45) is 0. The Morgan fingerprint density at radius 3 is 2.43 bits per heavy atom. The van der Waals surface area contributed by atoms with Crippen molar-refractivity contribution in [3.8, 4) is 17.0 Å². The average Bonchev–Trinajstić information content (AvgIpc) is 2.55. The molecule has 6 heteroatoms. The van der Waals surface area contributed by atoms with Crippen molar-refractivity contribution >= 4 is 22.8 Å². The molecule has 0 radical (unpaired) electrons. The minimum atomic E-state index is -0.447. The second kappa shape index (κ2) is 5.92. The van der Waals surface area contributed by atoms with Gasteiger partial charge in [0.25, 0.3) is 0 Å². The van der Waals surface area contributed by atoms with Gasteiger partial charge in [-0.3, -0.25) is 4.79 Å². The second-order valence-electron chi connectivity index (χ2n) is 4.99. The van der Waals surface area contributed by atoms with Crippen molar-refractivity contribution in [2.24, 2.45) is 5.73 Å². The molecule has 116 valence electrons. The lowest BCUT2D eigenvalue weighted by Crippen LogP contribution is -2.10. The summed E-state index contributed by atoms with van der Waals surface area (Å²) in [6, 6.07) is 12.8. The first-order chi connectivity index (χ1) is 11.1. The lowest BCUT2D eigenvalue weighted by Gasteiger charge is -2.09. The number of hydrogen-bond donors (Lipinski definition) is 2. The Labute approximate surface area is 133 Å². The van der Waals surface area contributed by atoms with Crippen molar-refractivity contribution < 1.29 is 9.53 Å². The Bertz CT molecular complexity index is 876. The monoisotopic (exact) mass is 308 g/mol. The number of nitrogens with zero attached hydrogens (tertiary/aromatic N) is 2. The molecule has 0 saturated carbocycles. The first-order valence-electron chi connectivity index (χ1n) is 7.19. The van der Waals surface area contributed by atoms with Crippen LogP contribution in [0.15, 0.2) is 42.5 Å². The number of carbonyl (C=O) groups excluding carboxylic acids is 1. The van der Waals surface area contributed by atoms with E-state index in [4.69, 9.17) is 16.2 Å². The Balaban J connectivity index is 2.10. The van der Waals surface area contributed by atoms with Crippen LogP contribution in [-0.2, 0) is 0 Å². The molecule has 0 aliphatic heterocycles. The first kappa shape index (κ1) is 14.8. The molecule has 0 unspecified atom stereocenters. The quantitative estimate of drug-likeness (QED) is 0.770. The largest absolute Gasteiger partial charge is 0.477 e. The summed E-state index contributed by atoms with van der Waals surface area (Å²) in [5.74, 6) is 0.197. The molecule has 0 atom stereocenters. The predicted molar refractivity (Wildman–Crippen MR) is 89.1 cm³/mol. The second-order valence-corrected chi connectivity index (χ2v) is 4.99. The van der Waals surface area contributed by atoms with Crippen LogP contribution < -0.4 is 16.2 Å². The van der Waals surface area contributed by atoms with Gasteiger partial charge in [-0.05, 0) is 42.3 Å². The highest BCUT2D eigenvalue weighted by Crippen LogP contribution is 2.29. The van der Waals surface area contributed by atoms with Gasteiger partial charge in [0.2, 0.25) is 17.7 Å². The number of nitrogens with two attached hydrogens (primary N) is 2. The zero-order chi connectivity index (χ0) is 16.4. The number of primary amides is 1. The van der Waals surface area contributed by atoms with Crippen molar-refractivity contribution in [2.45, 2.75) is 6.92 Å². The van der Waals surface area contributed by atoms with E-state index in [2.05, 4.69) is 9.97 Å². The molecule has 1 amide bonds. The summed E-state index contributed by atoms with van der Waals surface area (Å²) >= 11 is 0. The van der Waals surface area contributed by atoms with Gasteiger partial charge < -0.3 is 16.2 Å². The van der Waals surface area contributed by atoms with Gasteiger partial charge in [0.05, 0.1) is 17.5 Å².